The molecule has 2 aromatic rings. The Labute approximate surface area is 108 Å². The number of nitrogens with zero attached hydrogens (tertiary/aromatic N) is 3. The summed E-state index contributed by atoms with van der Waals surface area (Å²) in [7, 11) is 0. The zero-order valence-electron chi connectivity index (χ0n) is 9.15. The van der Waals surface area contributed by atoms with Crippen LogP contribution < -0.4 is 5.73 Å². The fraction of sp³-hybridized carbons (Fsp3) is 0.250. The van der Waals surface area contributed by atoms with Gasteiger partial charge in [0.05, 0.1) is 23.8 Å². The molecule has 0 fully saturated rings. The number of pyridine rings is 1. The molecule has 2 heterocycles. The van der Waals surface area contributed by atoms with Gasteiger partial charge in [-0.2, -0.15) is 13.2 Å². The van der Waals surface area contributed by atoms with E-state index < -0.39 is 11.9 Å². The van der Waals surface area contributed by atoms with Crippen molar-refractivity contribution in [1.82, 2.24) is 15.0 Å². The van der Waals surface area contributed by atoms with Gasteiger partial charge in [0.2, 0.25) is 0 Å². The van der Waals surface area contributed by atoms with Crippen LogP contribution in [0.15, 0.2) is 30.7 Å². The molecule has 0 radical (unpaired) electrons. The number of hydrogen-bond donors (Lipinski definition) is 1. The molecule has 19 heavy (non-hydrogen) atoms. The molecule has 0 aliphatic heterocycles. The lowest BCUT2D eigenvalue weighted by atomic mass is 10.1. The van der Waals surface area contributed by atoms with E-state index in [0.29, 0.717) is 23.1 Å². The van der Waals surface area contributed by atoms with Crippen LogP contribution in [0.3, 0.4) is 0 Å². The molecular weight excluding hydrogens is 257 g/mol. The fourth-order valence-corrected chi connectivity index (χ4v) is 1.37. The highest BCUT2D eigenvalue weighted by molar-refractivity contribution is 5.57. The first-order valence-electron chi connectivity index (χ1n) is 5.05. The van der Waals surface area contributed by atoms with Crippen LogP contribution in [0.1, 0.15) is 18.8 Å². The highest BCUT2D eigenvalue weighted by atomic mass is 19.4. The Hall–Kier alpha value is -2.02. The molecule has 0 atom stereocenters. The summed E-state index contributed by atoms with van der Waals surface area (Å²) in [5, 5.41) is 0. The third kappa shape index (κ3) is 3.47. The molecule has 0 bridgehead atoms. The minimum absolute atomic E-state index is 0. The number of aromatic nitrogens is 3. The molecule has 2 aromatic heterocycles. The van der Waals surface area contributed by atoms with E-state index in [0.717, 1.165) is 6.20 Å². The monoisotopic (exact) mass is 270 g/mol. The minimum Gasteiger partial charge on any atom is -0.325 e. The number of alkyl halides is 3. The molecule has 7 heteroatoms. The van der Waals surface area contributed by atoms with Crippen molar-refractivity contribution in [2.24, 2.45) is 5.73 Å². The van der Waals surface area contributed by atoms with E-state index >= 15 is 0 Å². The number of rotatable bonds is 2. The summed E-state index contributed by atoms with van der Waals surface area (Å²) in [6.07, 6.45) is -1.17. The smallest absolute Gasteiger partial charge is 0.325 e. The van der Waals surface area contributed by atoms with E-state index in [-0.39, 0.29) is 14.0 Å². The first-order chi connectivity index (χ1) is 8.50. The molecule has 102 valence electrons. The molecule has 0 saturated heterocycles. The van der Waals surface area contributed by atoms with Gasteiger partial charge < -0.3 is 5.73 Å². The SMILES string of the molecule is C.NCc1cc(-c2cnc(C(F)(F)F)cn2)ccn1. The molecule has 0 amide bonds. The van der Waals surface area contributed by atoms with Gasteiger partial charge in [-0.3, -0.25) is 9.97 Å². The van der Waals surface area contributed by atoms with Crippen molar-refractivity contribution < 1.29 is 13.2 Å². The Balaban J connectivity index is 0.00000180. The van der Waals surface area contributed by atoms with Crippen molar-refractivity contribution in [2.45, 2.75) is 20.1 Å². The Kier molecular flexibility index (Phi) is 4.55. The topological polar surface area (TPSA) is 64.7 Å². The maximum atomic E-state index is 12.3. The second-order valence-corrected chi connectivity index (χ2v) is 3.52. The summed E-state index contributed by atoms with van der Waals surface area (Å²) >= 11 is 0. The predicted molar refractivity (Wildman–Crippen MR) is 64.9 cm³/mol. The van der Waals surface area contributed by atoms with Crippen LogP contribution in [0.25, 0.3) is 11.3 Å². The second kappa shape index (κ2) is 5.75. The molecule has 0 aliphatic rings. The highest BCUT2D eigenvalue weighted by Crippen LogP contribution is 2.27. The van der Waals surface area contributed by atoms with Gasteiger partial charge in [-0.15, -0.1) is 0 Å². The third-order valence-electron chi connectivity index (χ3n) is 2.26. The standard InChI is InChI=1S/C11H9F3N4.CH4/c12-11(13,14)10-6-17-9(5-18-10)7-1-2-16-8(3-7)4-15;/h1-3,5-6H,4,15H2;1H4. The second-order valence-electron chi connectivity index (χ2n) is 3.52. The number of halogens is 3. The largest absolute Gasteiger partial charge is 0.434 e. The van der Waals surface area contributed by atoms with Crippen LogP contribution in [0.2, 0.25) is 0 Å². The lowest BCUT2D eigenvalue weighted by Gasteiger charge is -2.06. The highest BCUT2D eigenvalue weighted by Gasteiger charge is 2.32. The lowest BCUT2D eigenvalue weighted by molar-refractivity contribution is -0.141. The van der Waals surface area contributed by atoms with Gasteiger partial charge in [-0.25, -0.2) is 4.98 Å². The van der Waals surface area contributed by atoms with Crippen molar-refractivity contribution >= 4 is 0 Å². The van der Waals surface area contributed by atoms with Crippen molar-refractivity contribution in [3.8, 4) is 11.3 Å². The third-order valence-corrected chi connectivity index (χ3v) is 2.26. The summed E-state index contributed by atoms with van der Waals surface area (Å²) < 4.78 is 36.9. The van der Waals surface area contributed by atoms with Crippen molar-refractivity contribution in [2.75, 3.05) is 0 Å². The Morgan fingerprint density at radius 3 is 2.37 bits per heavy atom. The maximum absolute atomic E-state index is 12.3. The molecule has 0 unspecified atom stereocenters. The predicted octanol–water partition coefficient (Wildman–Crippen LogP) is 2.65. The van der Waals surface area contributed by atoms with Crippen LogP contribution in [0.5, 0.6) is 0 Å². The molecule has 0 saturated carbocycles. The maximum Gasteiger partial charge on any atom is 0.434 e. The van der Waals surface area contributed by atoms with Crippen LogP contribution in [0.4, 0.5) is 13.2 Å². The average Bonchev–Trinajstić information content (AvgIpc) is 2.38. The van der Waals surface area contributed by atoms with Crippen LogP contribution >= 0.6 is 0 Å². The van der Waals surface area contributed by atoms with Gasteiger partial charge in [0, 0.05) is 18.3 Å². The summed E-state index contributed by atoms with van der Waals surface area (Å²) in [5.41, 5.74) is 6.03. The van der Waals surface area contributed by atoms with Gasteiger partial charge in [0.1, 0.15) is 0 Å². The molecular formula is C12H13F3N4. The first-order valence-corrected chi connectivity index (χ1v) is 5.05. The van der Waals surface area contributed by atoms with Crippen molar-refractivity contribution in [3.05, 3.63) is 42.1 Å². The van der Waals surface area contributed by atoms with Gasteiger partial charge >= 0.3 is 6.18 Å². The Bertz CT molecular complexity index is 537. The van der Waals surface area contributed by atoms with Gasteiger partial charge in [-0.05, 0) is 12.1 Å². The fourth-order valence-electron chi connectivity index (χ4n) is 1.37. The van der Waals surface area contributed by atoms with E-state index in [2.05, 4.69) is 15.0 Å². The zero-order valence-corrected chi connectivity index (χ0v) is 9.15. The average molecular weight is 270 g/mol. The summed E-state index contributed by atoms with van der Waals surface area (Å²) in [5.74, 6) is 0. The van der Waals surface area contributed by atoms with E-state index in [1.807, 2.05) is 0 Å². The summed E-state index contributed by atoms with van der Waals surface area (Å²) in [6, 6.07) is 3.30. The zero-order chi connectivity index (χ0) is 13.2. The molecule has 2 N–H and O–H groups in total. The normalized spacial score (nSPS) is 10.9. The molecule has 2 rings (SSSR count). The van der Waals surface area contributed by atoms with E-state index in [1.54, 1.807) is 12.1 Å². The van der Waals surface area contributed by atoms with Crippen LogP contribution in [0, 0.1) is 0 Å². The van der Waals surface area contributed by atoms with Crippen LogP contribution in [-0.2, 0) is 12.7 Å². The van der Waals surface area contributed by atoms with E-state index in [9.17, 15) is 13.2 Å². The van der Waals surface area contributed by atoms with Gasteiger partial charge in [0.15, 0.2) is 5.69 Å². The first kappa shape index (κ1) is 15.0. The molecule has 4 nitrogen and oxygen atoms in total. The summed E-state index contributed by atoms with van der Waals surface area (Å²) in [6.45, 7) is 0.252. The van der Waals surface area contributed by atoms with Gasteiger partial charge in [0.25, 0.3) is 0 Å². The van der Waals surface area contributed by atoms with Crippen molar-refractivity contribution in [1.29, 1.82) is 0 Å². The molecule has 0 aromatic carbocycles. The summed E-state index contributed by atoms with van der Waals surface area (Å²) in [4.78, 5) is 11.1. The molecule has 0 spiro atoms. The Morgan fingerprint density at radius 2 is 1.84 bits per heavy atom. The van der Waals surface area contributed by atoms with Gasteiger partial charge in [-0.1, -0.05) is 7.43 Å². The van der Waals surface area contributed by atoms with E-state index in [1.165, 1.54) is 6.20 Å². The quantitative estimate of drug-likeness (QED) is 0.911. The number of nitrogens with two attached hydrogens (primary N) is 1. The minimum atomic E-state index is -4.48. The lowest BCUT2D eigenvalue weighted by Crippen LogP contribution is -2.08. The number of hydrogen-bond acceptors (Lipinski definition) is 4. The Morgan fingerprint density at radius 1 is 1.11 bits per heavy atom. The molecule has 0 aliphatic carbocycles. The van der Waals surface area contributed by atoms with Crippen LogP contribution in [-0.4, -0.2) is 15.0 Å². The van der Waals surface area contributed by atoms with Crippen molar-refractivity contribution in [3.63, 3.8) is 0 Å². The van der Waals surface area contributed by atoms with E-state index in [4.69, 9.17) is 5.73 Å².